The normalized spacial score (nSPS) is 29.9. The highest BCUT2D eigenvalue weighted by molar-refractivity contribution is 5.93. The molecule has 2 aromatic rings. The molecule has 0 spiro atoms. The Kier molecular flexibility index (Phi) is 4.35. The Labute approximate surface area is 178 Å². The van der Waals surface area contributed by atoms with Crippen LogP contribution in [-0.4, -0.2) is 23.1 Å². The summed E-state index contributed by atoms with van der Waals surface area (Å²) in [4.78, 5) is 16.5. The predicted molar refractivity (Wildman–Crippen MR) is 117 cm³/mol. The minimum absolute atomic E-state index is 0.138. The van der Waals surface area contributed by atoms with Gasteiger partial charge < -0.3 is 9.64 Å². The summed E-state index contributed by atoms with van der Waals surface area (Å²) in [7, 11) is 0. The lowest BCUT2D eigenvalue weighted by atomic mass is 9.71. The van der Waals surface area contributed by atoms with Crippen LogP contribution in [-0.2, 0) is 15.1 Å². The van der Waals surface area contributed by atoms with Gasteiger partial charge in [-0.2, -0.15) is 0 Å². The van der Waals surface area contributed by atoms with Crippen molar-refractivity contribution in [3.63, 3.8) is 0 Å². The zero-order valence-corrected chi connectivity index (χ0v) is 17.4. The van der Waals surface area contributed by atoms with Crippen LogP contribution < -0.4 is 0 Å². The van der Waals surface area contributed by atoms with Gasteiger partial charge in [-0.1, -0.05) is 79.1 Å². The summed E-state index contributed by atoms with van der Waals surface area (Å²) in [6, 6.07) is 20.5. The van der Waals surface area contributed by atoms with Crippen molar-refractivity contribution in [1.82, 2.24) is 4.90 Å². The molecule has 0 unspecified atom stereocenters. The molecular weight excluding hydrogens is 370 g/mol. The van der Waals surface area contributed by atoms with Crippen molar-refractivity contribution in [2.24, 2.45) is 5.92 Å². The molecule has 2 aliphatic carbocycles. The van der Waals surface area contributed by atoms with Crippen LogP contribution in [0.5, 0.6) is 0 Å². The fraction of sp³-hybridized carbons (Fsp3) is 0.444. The molecule has 2 saturated carbocycles. The molecule has 1 amide bonds. The van der Waals surface area contributed by atoms with Crippen LogP contribution >= 0.6 is 0 Å². The lowest BCUT2D eigenvalue weighted by molar-refractivity contribution is -0.136. The number of nitrogens with zero attached hydrogens (tertiary/aromatic N) is 1. The number of carbonyl (C=O) groups is 1. The van der Waals surface area contributed by atoms with Crippen molar-refractivity contribution >= 4 is 5.91 Å². The van der Waals surface area contributed by atoms with Crippen molar-refractivity contribution in [3.8, 4) is 0 Å². The Balaban J connectivity index is 1.53. The zero-order valence-electron chi connectivity index (χ0n) is 17.4. The van der Waals surface area contributed by atoms with Crippen LogP contribution in [0.2, 0.25) is 0 Å². The minimum atomic E-state index is -1.04. The number of carbonyl (C=O) groups excluding carboxylic acids is 1. The number of hydrogen-bond acceptors (Lipinski definition) is 2. The van der Waals surface area contributed by atoms with Crippen molar-refractivity contribution in [2.45, 2.75) is 69.2 Å². The van der Waals surface area contributed by atoms with Gasteiger partial charge in [0.15, 0.2) is 5.60 Å². The number of ether oxygens (including phenoxy) is 1. The summed E-state index contributed by atoms with van der Waals surface area (Å²) >= 11 is 0. The van der Waals surface area contributed by atoms with E-state index in [1.165, 1.54) is 32.1 Å². The first kappa shape index (κ1) is 18.4. The third kappa shape index (κ3) is 2.51. The van der Waals surface area contributed by atoms with E-state index in [4.69, 9.17) is 4.74 Å². The Bertz CT molecular complexity index is 941. The number of amides is 1. The second-order valence-electron chi connectivity index (χ2n) is 9.30. The third-order valence-electron chi connectivity index (χ3n) is 7.80. The van der Waals surface area contributed by atoms with Crippen molar-refractivity contribution in [1.29, 1.82) is 0 Å². The van der Waals surface area contributed by atoms with E-state index in [1.807, 2.05) is 36.4 Å². The number of fused-ring (bicyclic) bond motifs is 5. The summed E-state index contributed by atoms with van der Waals surface area (Å²) in [6.45, 7) is 0. The van der Waals surface area contributed by atoms with Crippen LogP contribution in [0.25, 0.3) is 0 Å². The van der Waals surface area contributed by atoms with Gasteiger partial charge in [-0.05, 0) is 55.2 Å². The van der Waals surface area contributed by atoms with Gasteiger partial charge in [-0.25, -0.2) is 0 Å². The topological polar surface area (TPSA) is 29.5 Å². The zero-order chi connectivity index (χ0) is 20.1. The molecule has 0 bridgehead atoms. The second kappa shape index (κ2) is 7.09. The molecule has 30 heavy (non-hydrogen) atoms. The van der Waals surface area contributed by atoms with Crippen LogP contribution in [0.4, 0.5) is 0 Å². The summed E-state index contributed by atoms with van der Waals surface area (Å²) in [6.07, 6.45) is 9.42. The highest BCUT2D eigenvalue weighted by atomic mass is 16.6. The molecule has 3 nitrogen and oxygen atoms in total. The molecule has 2 heterocycles. The first-order valence-electron chi connectivity index (χ1n) is 11.6. The van der Waals surface area contributed by atoms with Crippen LogP contribution in [0.3, 0.4) is 0 Å². The van der Waals surface area contributed by atoms with E-state index < -0.39 is 5.60 Å². The lowest BCUT2D eigenvalue weighted by Gasteiger charge is -2.47. The Hall–Kier alpha value is -2.39. The van der Waals surface area contributed by atoms with Crippen molar-refractivity contribution in [3.05, 3.63) is 82.9 Å². The fourth-order valence-electron chi connectivity index (χ4n) is 6.50. The number of rotatable bonds is 2. The van der Waals surface area contributed by atoms with Gasteiger partial charge in [-0.15, -0.1) is 0 Å². The molecule has 2 aromatic carbocycles. The molecule has 2 aliphatic heterocycles. The van der Waals surface area contributed by atoms with Gasteiger partial charge in [0.1, 0.15) is 6.23 Å². The van der Waals surface area contributed by atoms with Crippen LogP contribution in [0, 0.1) is 5.92 Å². The number of hydrogen-bond donors (Lipinski definition) is 0. The third-order valence-corrected chi connectivity index (χ3v) is 7.80. The molecule has 3 heteroatoms. The molecule has 0 radical (unpaired) electrons. The van der Waals surface area contributed by atoms with E-state index >= 15 is 0 Å². The molecule has 154 valence electrons. The molecule has 3 atom stereocenters. The highest BCUT2D eigenvalue weighted by Gasteiger charge is 2.61. The van der Waals surface area contributed by atoms with Gasteiger partial charge in [0.2, 0.25) is 0 Å². The molecule has 6 rings (SSSR count). The Morgan fingerprint density at radius 1 is 0.767 bits per heavy atom. The summed E-state index contributed by atoms with van der Waals surface area (Å²) in [5.41, 5.74) is 4.08. The summed E-state index contributed by atoms with van der Waals surface area (Å²) in [5.74, 6) is 0.500. The van der Waals surface area contributed by atoms with E-state index in [9.17, 15) is 4.79 Å². The fourth-order valence-corrected chi connectivity index (χ4v) is 6.50. The quantitative estimate of drug-likeness (QED) is 0.619. The van der Waals surface area contributed by atoms with E-state index in [2.05, 4.69) is 29.2 Å². The maximum Gasteiger partial charge on any atom is 0.266 e. The SMILES string of the molecule is O=C1N2[C@@H]3CCCCC3=C3CCCC[C@@H]3[C@H]2OC1(c1ccccc1)c1ccccc1. The predicted octanol–water partition coefficient (Wildman–Crippen LogP) is 5.56. The second-order valence-corrected chi connectivity index (χ2v) is 9.30. The molecular formula is C27H29NO2. The van der Waals surface area contributed by atoms with Gasteiger partial charge in [0.25, 0.3) is 5.91 Å². The van der Waals surface area contributed by atoms with Crippen molar-refractivity contribution < 1.29 is 9.53 Å². The van der Waals surface area contributed by atoms with Gasteiger partial charge in [-0.3, -0.25) is 4.79 Å². The molecule has 4 aliphatic rings. The van der Waals surface area contributed by atoms with E-state index in [0.717, 1.165) is 30.4 Å². The molecule has 0 N–H and O–H groups in total. The number of benzene rings is 2. The summed E-state index contributed by atoms with van der Waals surface area (Å²) < 4.78 is 7.00. The minimum Gasteiger partial charge on any atom is -0.332 e. The maximum atomic E-state index is 14.4. The average Bonchev–Trinajstić information content (AvgIpc) is 3.15. The Morgan fingerprint density at radius 2 is 1.37 bits per heavy atom. The van der Waals surface area contributed by atoms with Gasteiger partial charge >= 0.3 is 0 Å². The van der Waals surface area contributed by atoms with E-state index in [1.54, 1.807) is 11.1 Å². The van der Waals surface area contributed by atoms with Gasteiger partial charge in [0.05, 0.1) is 6.04 Å². The largest absolute Gasteiger partial charge is 0.332 e. The standard InChI is InChI=1S/C27H29NO2/c29-26-27(19-11-3-1-4-12-19,20-13-5-2-6-14-20)30-25-23-17-8-7-15-21(23)22-16-9-10-18-24(22)28(25)26/h1-6,11-14,23-25H,7-10,15-18H2/t23-,24+,25+/m0/s1. The molecule has 0 aromatic heterocycles. The van der Waals surface area contributed by atoms with Crippen LogP contribution in [0.1, 0.15) is 62.5 Å². The lowest BCUT2D eigenvalue weighted by Crippen LogP contribution is -2.53. The first-order chi connectivity index (χ1) is 14.8. The molecule has 1 saturated heterocycles. The average molecular weight is 400 g/mol. The maximum absolute atomic E-state index is 14.4. The van der Waals surface area contributed by atoms with Gasteiger partial charge in [0, 0.05) is 5.92 Å². The Morgan fingerprint density at radius 3 is 2.03 bits per heavy atom. The smallest absolute Gasteiger partial charge is 0.266 e. The molecule has 3 fully saturated rings. The van der Waals surface area contributed by atoms with E-state index in [0.29, 0.717) is 5.92 Å². The monoisotopic (exact) mass is 399 g/mol. The summed E-state index contributed by atoms with van der Waals surface area (Å²) in [5, 5.41) is 0. The first-order valence-corrected chi connectivity index (χ1v) is 11.6. The van der Waals surface area contributed by atoms with Crippen LogP contribution in [0.15, 0.2) is 71.8 Å². The van der Waals surface area contributed by atoms with E-state index in [-0.39, 0.29) is 18.2 Å². The highest BCUT2D eigenvalue weighted by Crippen LogP contribution is 2.54. The van der Waals surface area contributed by atoms with Crippen molar-refractivity contribution in [2.75, 3.05) is 0 Å².